The summed E-state index contributed by atoms with van der Waals surface area (Å²) in [7, 11) is 0. The molecule has 1 aliphatic rings. The van der Waals surface area contributed by atoms with Crippen molar-refractivity contribution in [3.8, 4) is 6.07 Å². The van der Waals surface area contributed by atoms with Crippen LogP contribution in [0.4, 0.5) is 5.82 Å². The zero-order valence-corrected chi connectivity index (χ0v) is 10.00. The van der Waals surface area contributed by atoms with E-state index in [1.165, 1.54) is 0 Å². The summed E-state index contributed by atoms with van der Waals surface area (Å²) in [5, 5.41) is 12.2. The third kappa shape index (κ3) is 2.25. The molecule has 1 aromatic heterocycles. The summed E-state index contributed by atoms with van der Waals surface area (Å²) in [6.07, 6.45) is 4.60. The van der Waals surface area contributed by atoms with Crippen LogP contribution in [0.25, 0.3) is 0 Å². The average molecular weight is 250 g/mol. The molecule has 0 aliphatic heterocycles. The summed E-state index contributed by atoms with van der Waals surface area (Å²) in [5.41, 5.74) is -0.902. The number of hydrogen-bond donors (Lipinski definition) is 1. The zero-order chi connectivity index (χ0) is 12.3. The summed E-state index contributed by atoms with van der Waals surface area (Å²) >= 11 is 5.90. The lowest BCUT2D eigenvalue weighted by atomic mass is 9.87. The Bertz CT molecular complexity index is 475. The molecule has 1 saturated carbocycles. The van der Waals surface area contributed by atoms with Gasteiger partial charge in [0.05, 0.1) is 11.1 Å². The highest BCUT2D eigenvalue weighted by Crippen LogP contribution is 2.38. The van der Waals surface area contributed by atoms with Gasteiger partial charge in [-0.3, -0.25) is 4.79 Å². The fourth-order valence-corrected chi connectivity index (χ4v) is 2.24. The first-order valence-electron chi connectivity index (χ1n) is 5.51. The Morgan fingerprint density at radius 2 is 2.24 bits per heavy atom. The molecule has 17 heavy (non-hydrogen) atoms. The van der Waals surface area contributed by atoms with E-state index in [9.17, 15) is 10.1 Å². The van der Waals surface area contributed by atoms with Gasteiger partial charge in [0, 0.05) is 6.20 Å². The Labute approximate surface area is 105 Å². The number of nitrogens with zero attached hydrogens (tertiary/aromatic N) is 2. The van der Waals surface area contributed by atoms with E-state index in [1.54, 1.807) is 18.3 Å². The van der Waals surface area contributed by atoms with Gasteiger partial charge in [-0.2, -0.15) is 5.26 Å². The highest BCUT2D eigenvalue weighted by molar-refractivity contribution is 6.33. The molecule has 4 nitrogen and oxygen atoms in total. The molecule has 1 heterocycles. The van der Waals surface area contributed by atoms with Crippen molar-refractivity contribution in [2.45, 2.75) is 25.7 Å². The molecule has 1 aliphatic carbocycles. The van der Waals surface area contributed by atoms with Gasteiger partial charge < -0.3 is 5.32 Å². The second kappa shape index (κ2) is 4.72. The van der Waals surface area contributed by atoms with Gasteiger partial charge in [0.2, 0.25) is 5.91 Å². The van der Waals surface area contributed by atoms with Crippen LogP contribution in [-0.2, 0) is 4.79 Å². The van der Waals surface area contributed by atoms with Crippen LogP contribution in [0.15, 0.2) is 18.3 Å². The lowest BCUT2D eigenvalue weighted by Gasteiger charge is -2.19. The predicted molar refractivity (Wildman–Crippen MR) is 64.4 cm³/mol. The molecule has 1 aromatic rings. The van der Waals surface area contributed by atoms with Crippen molar-refractivity contribution in [3.63, 3.8) is 0 Å². The zero-order valence-electron chi connectivity index (χ0n) is 9.24. The molecule has 88 valence electrons. The van der Waals surface area contributed by atoms with Gasteiger partial charge in [-0.1, -0.05) is 24.4 Å². The number of halogens is 1. The van der Waals surface area contributed by atoms with E-state index < -0.39 is 5.41 Å². The molecular formula is C12H12ClN3O. The van der Waals surface area contributed by atoms with Crippen molar-refractivity contribution in [3.05, 3.63) is 23.4 Å². The van der Waals surface area contributed by atoms with Crippen molar-refractivity contribution in [2.75, 3.05) is 5.32 Å². The Morgan fingerprint density at radius 1 is 1.53 bits per heavy atom. The number of carbonyl (C=O) groups excluding carboxylic acids is 1. The van der Waals surface area contributed by atoms with Crippen molar-refractivity contribution in [1.29, 1.82) is 5.26 Å². The number of nitrogens with one attached hydrogen (secondary N) is 1. The fraction of sp³-hybridized carbons (Fsp3) is 0.417. The molecule has 0 spiro atoms. The Hall–Kier alpha value is -1.60. The molecule has 5 heteroatoms. The van der Waals surface area contributed by atoms with Crippen molar-refractivity contribution in [1.82, 2.24) is 4.98 Å². The standard InChI is InChI=1S/C12H12ClN3O/c13-9-4-3-7-15-10(9)16-11(17)12(8-14)5-1-2-6-12/h3-4,7H,1-2,5-6H2,(H,15,16,17). The van der Waals surface area contributed by atoms with Crippen LogP contribution in [-0.4, -0.2) is 10.9 Å². The summed E-state index contributed by atoms with van der Waals surface area (Å²) in [5.74, 6) is 0.0267. The summed E-state index contributed by atoms with van der Waals surface area (Å²) in [4.78, 5) is 16.1. The first-order valence-corrected chi connectivity index (χ1v) is 5.89. The minimum atomic E-state index is -0.902. The molecule has 1 N–H and O–H groups in total. The van der Waals surface area contributed by atoms with Gasteiger partial charge in [-0.05, 0) is 25.0 Å². The lowest BCUT2D eigenvalue weighted by Crippen LogP contribution is -2.32. The molecular weight excluding hydrogens is 238 g/mol. The number of aromatic nitrogens is 1. The van der Waals surface area contributed by atoms with Crippen LogP contribution in [0.5, 0.6) is 0 Å². The van der Waals surface area contributed by atoms with Gasteiger partial charge >= 0.3 is 0 Å². The number of rotatable bonds is 2. The van der Waals surface area contributed by atoms with Crippen molar-refractivity contribution < 1.29 is 4.79 Å². The molecule has 1 fully saturated rings. The number of anilines is 1. The van der Waals surface area contributed by atoms with Crippen LogP contribution in [0.2, 0.25) is 5.02 Å². The third-order valence-corrected chi connectivity index (χ3v) is 3.40. The topological polar surface area (TPSA) is 65.8 Å². The highest BCUT2D eigenvalue weighted by atomic mass is 35.5. The van der Waals surface area contributed by atoms with Crippen molar-refractivity contribution >= 4 is 23.3 Å². The second-order valence-corrected chi connectivity index (χ2v) is 4.60. The van der Waals surface area contributed by atoms with E-state index >= 15 is 0 Å². The number of amides is 1. The van der Waals surface area contributed by atoms with Gasteiger partial charge in [0.15, 0.2) is 5.82 Å². The van der Waals surface area contributed by atoms with E-state index in [2.05, 4.69) is 16.4 Å². The maximum atomic E-state index is 12.1. The van der Waals surface area contributed by atoms with E-state index in [-0.39, 0.29) is 5.91 Å². The van der Waals surface area contributed by atoms with E-state index in [0.29, 0.717) is 23.7 Å². The van der Waals surface area contributed by atoms with E-state index in [4.69, 9.17) is 11.6 Å². The first kappa shape index (κ1) is 11.9. The van der Waals surface area contributed by atoms with Gasteiger partial charge in [-0.15, -0.1) is 0 Å². The maximum Gasteiger partial charge on any atom is 0.246 e. The van der Waals surface area contributed by atoms with Gasteiger partial charge in [-0.25, -0.2) is 4.98 Å². The number of pyridine rings is 1. The smallest absolute Gasteiger partial charge is 0.246 e. The highest BCUT2D eigenvalue weighted by Gasteiger charge is 2.41. The Kier molecular flexibility index (Phi) is 3.30. The maximum absolute atomic E-state index is 12.1. The van der Waals surface area contributed by atoms with Gasteiger partial charge in [0.1, 0.15) is 5.41 Å². The SMILES string of the molecule is N#CC1(C(=O)Nc2ncccc2Cl)CCCC1. The van der Waals surface area contributed by atoms with Crippen LogP contribution in [0, 0.1) is 16.7 Å². The fourth-order valence-electron chi connectivity index (χ4n) is 2.07. The largest absolute Gasteiger partial charge is 0.308 e. The second-order valence-electron chi connectivity index (χ2n) is 4.19. The van der Waals surface area contributed by atoms with Crippen LogP contribution in [0.3, 0.4) is 0 Å². The Morgan fingerprint density at radius 3 is 2.82 bits per heavy atom. The number of carbonyl (C=O) groups is 1. The van der Waals surface area contributed by atoms with Crippen LogP contribution >= 0.6 is 11.6 Å². The van der Waals surface area contributed by atoms with Gasteiger partial charge in [0.25, 0.3) is 0 Å². The molecule has 0 atom stereocenters. The van der Waals surface area contributed by atoms with E-state index in [0.717, 1.165) is 12.8 Å². The third-order valence-electron chi connectivity index (χ3n) is 3.10. The van der Waals surface area contributed by atoms with E-state index in [1.807, 2.05) is 0 Å². The van der Waals surface area contributed by atoms with Crippen molar-refractivity contribution in [2.24, 2.45) is 5.41 Å². The molecule has 0 aromatic carbocycles. The Balaban J connectivity index is 2.17. The molecule has 2 rings (SSSR count). The summed E-state index contributed by atoms with van der Waals surface area (Å²) in [6, 6.07) is 5.47. The molecule has 0 saturated heterocycles. The summed E-state index contributed by atoms with van der Waals surface area (Å²) < 4.78 is 0. The number of nitriles is 1. The monoisotopic (exact) mass is 249 g/mol. The molecule has 0 unspecified atom stereocenters. The average Bonchev–Trinajstić information content (AvgIpc) is 2.82. The van der Waals surface area contributed by atoms with Crippen LogP contribution in [0.1, 0.15) is 25.7 Å². The quantitative estimate of drug-likeness (QED) is 0.876. The normalized spacial score (nSPS) is 17.4. The number of hydrogen-bond acceptors (Lipinski definition) is 3. The predicted octanol–water partition coefficient (Wildman–Crippen LogP) is 2.76. The summed E-state index contributed by atoms with van der Waals surface area (Å²) in [6.45, 7) is 0. The minimum Gasteiger partial charge on any atom is -0.308 e. The molecule has 1 amide bonds. The molecule has 0 bridgehead atoms. The first-order chi connectivity index (χ1) is 8.18. The minimum absolute atomic E-state index is 0.293. The lowest BCUT2D eigenvalue weighted by molar-refractivity contribution is -0.122. The van der Waals surface area contributed by atoms with Crippen LogP contribution < -0.4 is 5.32 Å². The molecule has 0 radical (unpaired) electrons.